The zero-order valence-electron chi connectivity index (χ0n) is 10.9. The Morgan fingerprint density at radius 2 is 1.95 bits per heavy atom. The van der Waals surface area contributed by atoms with Crippen molar-refractivity contribution in [3.05, 3.63) is 28.2 Å². The molecule has 0 N–H and O–H groups in total. The molecule has 1 aromatic carbocycles. The van der Waals surface area contributed by atoms with Crippen molar-refractivity contribution in [2.75, 3.05) is 12.4 Å². The summed E-state index contributed by atoms with van der Waals surface area (Å²) >= 11 is 3.00. The second-order valence-corrected chi connectivity index (χ2v) is 8.40. The smallest absolute Gasteiger partial charge is 0.233 e. The number of ether oxygens (including phenoxy) is 1. The molecule has 0 amide bonds. The van der Waals surface area contributed by atoms with E-state index in [4.69, 9.17) is 15.4 Å². The quantitative estimate of drug-likeness (QED) is 0.690. The molecular weight excluding hydrogens is 378 g/mol. The Balaban J connectivity index is 2.83. The molecule has 1 unspecified atom stereocenters. The fourth-order valence-electron chi connectivity index (χ4n) is 1.55. The van der Waals surface area contributed by atoms with Crippen LogP contribution < -0.4 is 4.74 Å². The molecule has 0 fully saturated rings. The van der Waals surface area contributed by atoms with E-state index in [9.17, 15) is 17.2 Å². The topological polar surface area (TPSA) is 43.4 Å². The molecule has 1 atom stereocenters. The second kappa shape index (κ2) is 7.04. The first-order valence-corrected chi connectivity index (χ1v) is 9.07. The normalized spacial score (nSPS) is 13.6. The lowest BCUT2D eigenvalue weighted by Crippen LogP contribution is -2.25. The average molecular weight is 392 g/mol. The highest BCUT2D eigenvalue weighted by Crippen LogP contribution is 2.30. The van der Waals surface area contributed by atoms with E-state index in [1.807, 2.05) is 13.8 Å². The third kappa shape index (κ3) is 5.54. The van der Waals surface area contributed by atoms with Crippen LogP contribution in [0.1, 0.15) is 13.8 Å². The molecule has 114 valence electrons. The summed E-state index contributed by atoms with van der Waals surface area (Å²) in [7, 11) is 1.55. The fourth-order valence-corrected chi connectivity index (χ4v) is 3.55. The van der Waals surface area contributed by atoms with Crippen LogP contribution >= 0.6 is 26.6 Å². The maximum atomic E-state index is 13.6. The van der Waals surface area contributed by atoms with Crippen LogP contribution in [0.2, 0.25) is 0 Å². The van der Waals surface area contributed by atoms with Crippen molar-refractivity contribution in [2.24, 2.45) is 11.8 Å². The third-order valence-corrected chi connectivity index (χ3v) is 4.55. The standard InChI is InChI=1S/C12H14BrClF2O3S/c1-7(2)8(6-20(14,17)18)5-19-12-10(13)3-9(15)4-11(12)16/h3-4,7-8H,5-6H2,1-2H3. The second-order valence-electron chi connectivity index (χ2n) is 4.72. The Kier molecular flexibility index (Phi) is 6.22. The van der Waals surface area contributed by atoms with Gasteiger partial charge in [-0.15, -0.1) is 0 Å². The van der Waals surface area contributed by atoms with Crippen LogP contribution in [-0.4, -0.2) is 20.8 Å². The lowest BCUT2D eigenvalue weighted by molar-refractivity contribution is 0.216. The van der Waals surface area contributed by atoms with Gasteiger partial charge in [0.2, 0.25) is 9.05 Å². The van der Waals surface area contributed by atoms with E-state index >= 15 is 0 Å². The minimum atomic E-state index is -3.67. The molecule has 1 aromatic rings. The van der Waals surface area contributed by atoms with Gasteiger partial charge in [0.1, 0.15) is 5.82 Å². The molecule has 0 aliphatic heterocycles. The largest absolute Gasteiger partial charge is 0.489 e. The molecule has 0 aliphatic carbocycles. The maximum Gasteiger partial charge on any atom is 0.233 e. The first-order valence-electron chi connectivity index (χ1n) is 5.80. The number of rotatable bonds is 6. The highest BCUT2D eigenvalue weighted by Gasteiger charge is 2.22. The van der Waals surface area contributed by atoms with Gasteiger partial charge in [0.05, 0.1) is 16.8 Å². The van der Waals surface area contributed by atoms with Crippen LogP contribution in [0.3, 0.4) is 0 Å². The van der Waals surface area contributed by atoms with Gasteiger partial charge in [0, 0.05) is 22.7 Å². The summed E-state index contributed by atoms with van der Waals surface area (Å²) in [6, 6.07) is 1.77. The summed E-state index contributed by atoms with van der Waals surface area (Å²) in [6.45, 7) is 3.59. The number of benzene rings is 1. The first kappa shape index (κ1) is 17.7. The Hall–Kier alpha value is -0.400. The molecule has 0 aliphatic rings. The van der Waals surface area contributed by atoms with Gasteiger partial charge in [-0.3, -0.25) is 0 Å². The van der Waals surface area contributed by atoms with Crippen molar-refractivity contribution in [3.63, 3.8) is 0 Å². The fraction of sp³-hybridized carbons (Fsp3) is 0.500. The monoisotopic (exact) mass is 390 g/mol. The van der Waals surface area contributed by atoms with E-state index in [0.29, 0.717) is 6.07 Å². The lowest BCUT2D eigenvalue weighted by atomic mass is 9.99. The maximum absolute atomic E-state index is 13.6. The average Bonchev–Trinajstić information content (AvgIpc) is 2.23. The van der Waals surface area contributed by atoms with E-state index in [2.05, 4.69) is 15.9 Å². The summed E-state index contributed by atoms with van der Waals surface area (Å²) in [5, 5.41) is 0. The van der Waals surface area contributed by atoms with E-state index in [1.54, 1.807) is 0 Å². The Labute approximate surface area is 129 Å². The van der Waals surface area contributed by atoms with Crippen molar-refractivity contribution in [1.82, 2.24) is 0 Å². The molecular formula is C12H14BrClF2O3S. The Morgan fingerprint density at radius 1 is 1.35 bits per heavy atom. The van der Waals surface area contributed by atoms with Gasteiger partial charge in [-0.2, -0.15) is 0 Å². The molecule has 0 saturated heterocycles. The molecule has 8 heteroatoms. The summed E-state index contributed by atoms with van der Waals surface area (Å²) in [5.41, 5.74) is 0. The van der Waals surface area contributed by atoms with Crippen LogP contribution in [0.5, 0.6) is 5.75 Å². The van der Waals surface area contributed by atoms with Gasteiger partial charge in [0.25, 0.3) is 0 Å². The number of hydrogen-bond donors (Lipinski definition) is 0. The van der Waals surface area contributed by atoms with Crippen molar-refractivity contribution in [2.45, 2.75) is 13.8 Å². The summed E-state index contributed by atoms with van der Waals surface area (Å²) in [4.78, 5) is 0. The van der Waals surface area contributed by atoms with E-state index in [-0.39, 0.29) is 28.5 Å². The van der Waals surface area contributed by atoms with Gasteiger partial charge in [-0.1, -0.05) is 13.8 Å². The van der Waals surface area contributed by atoms with Crippen LogP contribution in [0.4, 0.5) is 8.78 Å². The summed E-state index contributed by atoms with van der Waals surface area (Å²) < 4.78 is 54.1. The zero-order chi connectivity index (χ0) is 15.5. The van der Waals surface area contributed by atoms with Crippen molar-refractivity contribution >= 4 is 35.7 Å². The lowest BCUT2D eigenvalue weighted by Gasteiger charge is -2.20. The summed E-state index contributed by atoms with van der Waals surface area (Å²) in [5.74, 6) is -2.42. The van der Waals surface area contributed by atoms with E-state index < -0.39 is 26.6 Å². The molecule has 0 heterocycles. The Morgan fingerprint density at radius 3 is 2.40 bits per heavy atom. The molecule has 3 nitrogen and oxygen atoms in total. The third-order valence-electron chi connectivity index (χ3n) is 2.76. The van der Waals surface area contributed by atoms with Crippen LogP contribution in [0.15, 0.2) is 16.6 Å². The predicted molar refractivity (Wildman–Crippen MR) is 77.5 cm³/mol. The van der Waals surface area contributed by atoms with E-state index in [0.717, 1.165) is 6.07 Å². The van der Waals surface area contributed by atoms with Gasteiger partial charge >= 0.3 is 0 Å². The number of halogens is 4. The predicted octanol–water partition coefficient (Wildman–Crippen LogP) is 3.95. The Bertz CT molecular complexity index is 555. The number of hydrogen-bond acceptors (Lipinski definition) is 3. The van der Waals surface area contributed by atoms with Crippen LogP contribution in [0, 0.1) is 23.5 Å². The van der Waals surface area contributed by atoms with Crippen molar-refractivity contribution < 1.29 is 21.9 Å². The first-order chi connectivity index (χ1) is 9.10. The van der Waals surface area contributed by atoms with Gasteiger partial charge in [-0.25, -0.2) is 17.2 Å². The van der Waals surface area contributed by atoms with E-state index in [1.165, 1.54) is 0 Å². The van der Waals surface area contributed by atoms with Gasteiger partial charge < -0.3 is 4.74 Å². The van der Waals surface area contributed by atoms with Crippen LogP contribution in [-0.2, 0) is 9.05 Å². The minimum Gasteiger partial charge on any atom is -0.489 e. The highest BCUT2D eigenvalue weighted by molar-refractivity contribution is 9.10. The SMILES string of the molecule is CC(C)C(COc1c(F)cc(F)cc1Br)CS(=O)(=O)Cl. The highest BCUT2D eigenvalue weighted by atomic mass is 79.9. The molecule has 0 bridgehead atoms. The van der Waals surface area contributed by atoms with Gasteiger partial charge in [0.15, 0.2) is 11.6 Å². The summed E-state index contributed by atoms with van der Waals surface area (Å²) in [6.07, 6.45) is 0. The molecule has 0 saturated carbocycles. The molecule has 1 rings (SSSR count). The molecule has 20 heavy (non-hydrogen) atoms. The molecule has 0 aromatic heterocycles. The van der Waals surface area contributed by atoms with Crippen molar-refractivity contribution in [1.29, 1.82) is 0 Å². The van der Waals surface area contributed by atoms with Crippen LogP contribution in [0.25, 0.3) is 0 Å². The van der Waals surface area contributed by atoms with Crippen molar-refractivity contribution in [3.8, 4) is 5.75 Å². The minimum absolute atomic E-state index is 0.0224. The molecule has 0 radical (unpaired) electrons. The molecule has 0 spiro atoms. The zero-order valence-corrected chi connectivity index (χ0v) is 14.0. The van der Waals surface area contributed by atoms with Gasteiger partial charge in [-0.05, 0) is 27.9 Å².